The maximum Gasteiger partial charge on any atom is 0.329 e. The number of amides is 3. The summed E-state index contributed by atoms with van der Waals surface area (Å²) in [7, 11) is 15.4. The number of nitrogens with one attached hydrogen (secondary N) is 1. The second-order valence-corrected chi connectivity index (χ2v) is 24.9. The highest BCUT2D eigenvalue weighted by Gasteiger charge is 2.40. The number of ether oxygens (including phenoxy) is 14. The van der Waals surface area contributed by atoms with Crippen molar-refractivity contribution in [2.75, 3.05) is 104 Å². The molecule has 2 aliphatic rings. The largest absolute Gasteiger partial charge is 0.493 e. The number of benzene rings is 6. The van der Waals surface area contributed by atoms with Crippen molar-refractivity contribution in [3.05, 3.63) is 143 Å². The van der Waals surface area contributed by atoms with Crippen LogP contribution in [0.1, 0.15) is 148 Å². The topological polar surface area (TPSA) is 250 Å². The molecule has 2 heterocycles. The van der Waals surface area contributed by atoms with E-state index >= 15 is 0 Å². The molecule has 2 aliphatic heterocycles. The fourth-order valence-electron chi connectivity index (χ4n) is 13.2. The molecule has 550 valence electrons. The van der Waals surface area contributed by atoms with Gasteiger partial charge >= 0.3 is 11.9 Å². The average Bonchev–Trinajstić information content (AvgIpc) is 0.796. The fraction of sp³-hybridized carbons (Fsp3) is 0.468. The van der Waals surface area contributed by atoms with E-state index in [0.29, 0.717) is 169 Å². The average molecular weight is 1410 g/mol. The summed E-state index contributed by atoms with van der Waals surface area (Å²) >= 11 is 0. The van der Waals surface area contributed by atoms with Gasteiger partial charge < -0.3 is 81.4 Å². The van der Waals surface area contributed by atoms with Crippen LogP contribution in [-0.2, 0) is 51.1 Å². The van der Waals surface area contributed by atoms with Gasteiger partial charge in [-0.05, 0) is 190 Å². The Balaban J connectivity index is 0.885. The molecule has 0 unspecified atom stereocenters. The fourth-order valence-corrected chi connectivity index (χ4v) is 13.2. The number of piperidine rings is 2. The van der Waals surface area contributed by atoms with Gasteiger partial charge in [-0.1, -0.05) is 50.2 Å². The highest BCUT2D eigenvalue weighted by molar-refractivity contribution is 5.90. The van der Waals surface area contributed by atoms with Crippen LogP contribution in [0.3, 0.4) is 0 Å². The Bertz CT molecular complexity index is 3510. The lowest BCUT2D eigenvalue weighted by Crippen LogP contribution is -2.50. The van der Waals surface area contributed by atoms with E-state index in [4.69, 9.17) is 66.3 Å². The summed E-state index contributed by atoms with van der Waals surface area (Å²) in [5.41, 5.74) is 4.40. The highest BCUT2D eigenvalue weighted by atomic mass is 16.6. The lowest BCUT2D eigenvalue weighted by Gasteiger charge is -2.37. The van der Waals surface area contributed by atoms with Crippen molar-refractivity contribution >= 4 is 35.4 Å². The number of carbonyl (C=O) groups excluding carboxylic acids is 6. The van der Waals surface area contributed by atoms with Crippen molar-refractivity contribution in [3.8, 4) is 69.0 Å². The number of hydrogen-bond acceptors (Lipinski definition) is 20. The number of nitrogens with zero attached hydrogens (tertiary/aromatic N) is 2. The molecule has 0 spiro atoms. The van der Waals surface area contributed by atoms with E-state index in [0.717, 1.165) is 30.4 Å². The second-order valence-electron chi connectivity index (χ2n) is 24.9. The molecule has 0 radical (unpaired) electrons. The van der Waals surface area contributed by atoms with Crippen LogP contribution in [0.25, 0.3) is 0 Å². The zero-order valence-electron chi connectivity index (χ0n) is 60.9. The Kier molecular flexibility index (Phi) is 29.4. The molecule has 6 aromatic carbocycles. The van der Waals surface area contributed by atoms with Crippen molar-refractivity contribution in [1.82, 2.24) is 15.1 Å². The van der Waals surface area contributed by atoms with Gasteiger partial charge in [0.1, 0.15) is 42.4 Å². The van der Waals surface area contributed by atoms with Crippen molar-refractivity contribution in [2.24, 2.45) is 0 Å². The molecule has 3 amide bonds. The summed E-state index contributed by atoms with van der Waals surface area (Å²) in [6.07, 6.45) is 5.06. The molecule has 102 heavy (non-hydrogen) atoms. The van der Waals surface area contributed by atoms with E-state index in [1.165, 1.54) is 42.7 Å². The van der Waals surface area contributed by atoms with Gasteiger partial charge in [-0.3, -0.25) is 19.2 Å². The van der Waals surface area contributed by atoms with E-state index in [2.05, 4.69) is 5.32 Å². The van der Waals surface area contributed by atoms with E-state index < -0.39 is 54.0 Å². The van der Waals surface area contributed by atoms with Crippen LogP contribution in [0.5, 0.6) is 69.0 Å². The molecule has 2 fully saturated rings. The van der Waals surface area contributed by atoms with E-state index in [1.807, 2.05) is 62.4 Å². The Morgan fingerprint density at radius 2 is 0.843 bits per heavy atom. The van der Waals surface area contributed by atoms with Crippen LogP contribution in [-0.4, -0.2) is 161 Å². The number of ketones is 1. The van der Waals surface area contributed by atoms with Crippen molar-refractivity contribution in [3.63, 3.8) is 0 Å². The third kappa shape index (κ3) is 19.9. The smallest absolute Gasteiger partial charge is 0.329 e. The Hall–Kier alpha value is -10.1. The molecule has 0 aliphatic carbocycles. The van der Waals surface area contributed by atoms with Crippen LogP contribution < -0.4 is 62.2 Å². The Labute approximate surface area is 598 Å². The molecule has 6 atom stereocenters. The minimum Gasteiger partial charge on any atom is -0.493 e. The van der Waals surface area contributed by atoms with Crippen LogP contribution in [0.15, 0.2) is 109 Å². The molecule has 0 aromatic heterocycles. The molecule has 8 rings (SSSR count). The summed E-state index contributed by atoms with van der Waals surface area (Å²) in [5, 5.41) is 2.84. The molecule has 23 heteroatoms. The maximum absolute atomic E-state index is 14.7. The zero-order chi connectivity index (χ0) is 73.2. The van der Waals surface area contributed by atoms with Gasteiger partial charge in [0.25, 0.3) is 5.91 Å². The quantitative estimate of drug-likeness (QED) is 0.0279. The van der Waals surface area contributed by atoms with Crippen molar-refractivity contribution < 1.29 is 95.1 Å². The molecular formula is C79H99N3O20. The summed E-state index contributed by atoms with van der Waals surface area (Å²) in [6, 6.07) is 30.7. The van der Waals surface area contributed by atoms with Crippen LogP contribution in [0.2, 0.25) is 0 Å². The first kappa shape index (κ1) is 77.7. The normalized spacial score (nSPS) is 15.4. The molecule has 0 saturated carbocycles. The standard InChI is InChI=1S/C79H99N3O20/c1-13-59(54-44-69(93-7)74(97-11)70(45-54)94-8)76(85)81-38-17-15-27-61(81)78(87)101-63(33-29-50-31-35-65(89-3)67(40-50)91-5)52-22-19-25-57(42-52)99-48-56(83)24-21-37-80-73(84)49-100-58-26-20-23-53(43-58)64(34-30-51-32-36-66(90-4)68(41-51)92-6)102-79(88)62-28-16-18-39-82(62)77(86)60(14-2)55-46-71(95-9)75(98-12)72(47-55)96-10/h19-20,22-23,25-26,31-32,35-36,40-47,59-64H,13-18,21,24,27-30,33-34,37-39,48-49H2,1-12H3,(H,80,84)/t59-,60-,61-,62-,63+,64+/m0/s1. The number of hydrogen-bond donors (Lipinski definition) is 1. The van der Waals surface area contributed by atoms with E-state index in [1.54, 1.807) is 98.9 Å². The summed E-state index contributed by atoms with van der Waals surface area (Å²) in [5.74, 6) is 2.10. The number of Topliss-reactive ketones (excluding diaryl/α,β-unsaturated/α-hetero) is 1. The third-order valence-electron chi connectivity index (χ3n) is 18.7. The number of likely N-dealkylation sites (tertiary alicyclic amines) is 2. The first-order chi connectivity index (χ1) is 49.5. The van der Waals surface area contributed by atoms with Crippen molar-refractivity contribution in [2.45, 2.75) is 140 Å². The van der Waals surface area contributed by atoms with E-state index in [9.17, 15) is 28.8 Å². The molecular weight excluding hydrogens is 1310 g/mol. The SMILES string of the molecule is CC[C@H](C(=O)N1CCCC[C@H]1C(=O)O[C@H](CCc1ccc(OC)c(OC)c1)c1cccc(OCC(=O)CCCNC(=O)COc2cccc([C@@H](CCc3ccc(OC)c(OC)c3)OC(=O)[C@@H]3CCCCN3C(=O)[C@@H](CC)c3cc(OC)c(OC)c(OC)c3)c2)c1)c1cc(OC)c(OC)c(OC)c1. The first-order valence-electron chi connectivity index (χ1n) is 34.8. The predicted octanol–water partition coefficient (Wildman–Crippen LogP) is 12.3. The van der Waals surface area contributed by atoms with Crippen LogP contribution in [0.4, 0.5) is 0 Å². The number of esters is 2. The second kappa shape index (κ2) is 38.7. The molecule has 1 N–H and O–H groups in total. The highest BCUT2D eigenvalue weighted by Crippen LogP contribution is 2.44. The minimum atomic E-state index is -0.855. The van der Waals surface area contributed by atoms with Gasteiger partial charge in [0.05, 0.1) is 82.9 Å². The number of carbonyl (C=O) groups is 6. The summed E-state index contributed by atoms with van der Waals surface area (Å²) < 4.78 is 80.8. The molecule has 6 aromatic rings. The van der Waals surface area contributed by atoms with Gasteiger partial charge in [-0.2, -0.15) is 0 Å². The number of aryl methyl sites for hydroxylation is 2. The molecule has 23 nitrogen and oxygen atoms in total. The number of methoxy groups -OCH3 is 10. The number of rotatable bonds is 38. The van der Waals surface area contributed by atoms with Crippen LogP contribution in [0, 0.1) is 0 Å². The van der Waals surface area contributed by atoms with Crippen molar-refractivity contribution in [1.29, 1.82) is 0 Å². The van der Waals surface area contributed by atoms with E-state index in [-0.39, 0.29) is 43.8 Å². The third-order valence-corrected chi connectivity index (χ3v) is 18.7. The lowest BCUT2D eigenvalue weighted by atomic mass is 9.91. The van der Waals surface area contributed by atoms with Gasteiger partial charge in [0.15, 0.2) is 58.4 Å². The zero-order valence-corrected chi connectivity index (χ0v) is 60.9. The van der Waals surface area contributed by atoms with Gasteiger partial charge in [-0.25, -0.2) is 9.59 Å². The summed E-state index contributed by atoms with van der Waals surface area (Å²) in [4.78, 5) is 88.5. The van der Waals surface area contributed by atoms with Crippen LogP contribution >= 0.6 is 0 Å². The monoisotopic (exact) mass is 1410 g/mol. The Morgan fingerprint density at radius 3 is 1.23 bits per heavy atom. The lowest BCUT2D eigenvalue weighted by molar-refractivity contribution is -0.162. The Morgan fingerprint density at radius 1 is 0.441 bits per heavy atom. The minimum absolute atomic E-state index is 0.103. The van der Waals surface area contributed by atoms with Gasteiger partial charge in [0.2, 0.25) is 23.3 Å². The van der Waals surface area contributed by atoms with Gasteiger partial charge in [-0.15, -0.1) is 0 Å². The van der Waals surface area contributed by atoms with Gasteiger partial charge in [0, 0.05) is 26.1 Å². The maximum atomic E-state index is 14.7. The molecule has 2 saturated heterocycles. The molecule has 0 bridgehead atoms. The predicted molar refractivity (Wildman–Crippen MR) is 381 cm³/mol. The first-order valence-corrected chi connectivity index (χ1v) is 34.8. The summed E-state index contributed by atoms with van der Waals surface area (Å²) in [6.45, 7) is 4.17.